The van der Waals surface area contributed by atoms with Crippen LogP contribution in [0.1, 0.15) is 15.9 Å². The Hall–Kier alpha value is -3.79. The summed E-state index contributed by atoms with van der Waals surface area (Å²) in [5, 5.41) is 14.7. The molecule has 0 radical (unpaired) electrons. The molecule has 0 spiro atoms. The molecule has 0 unspecified atom stereocenters. The molecule has 0 saturated heterocycles. The standard InChI is InChI=1S/C19H18N4O3/c1-12-7-8-15(21)17(9-12)22-11-13(10-20)18(24)23-16-6-4-3-5-14(16)19(25)26-2/h3-9,11,22H,21H2,1-2H3,(H,23,24)/b13-11-. The summed E-state index contributed by atoms with van der Waals surface area (Å²) in [4.78, 5) is 24.1. The number of aryl methyl sites for hydroxylation is 1. The highest BCUT2D eigenvalue weighted by atomic mass is 16.5. The van der Waals surface area contributed by atoms with E-state index in [0.29, 0.717) is 11.4 Å². The molecule has 0 atom stereocenters. The number of ether oxygens (including phenoxy) is 1. The van der Waals surface area contributed by atoms with Crippen molar-refractivity contribution in [3.05, 3.63) is 65.4 Å². The van der Waals surface area contributed by atoms with Gasteiger partial charge >= 0.3 is 5.97 Å². The summed E-state index contributed by atoms with van der Waals surface area (Å²) in [6.07, 6.45) is 1.27. The van der Waals surface area contributed by atoms with Crippen LogP contribution in [0.4, 0.5) is 17.1 Å². The van der Waals surface area contributed by atoms with Crippen LogP contribution in [0.5, 0.6) is 0 Å². The zero-order chi connectivity index (χ0) is 19.1. The van der Waals surface area contributed by atoms with E-state index in [1.807, 2.05) is 19.1 Å². The van der Waals surface area contributed by atoms with Crippen molar-refractivity contribution in [1.29, 1.82) is 5.26 Å². The molecule has 0 aromatic heterocycles. The van der Waals surface area contributed by atoms with Crippen molar-refractivity contribution in [3.8, 4) is 6.07 Å². The van der Waals surface area contributed by atoms with Gasteiger partial charge in [-0.3, -0.25) is 4.79 Å². The number of nitrogens with one attached hydrogen (secondary N) is 2. The molecular formula is C19H18N4O3. The Kier molecular flexibility index (Phi) is 5.96. The predicted molar refractivity (Wildman–Crippen MR) is 99.3 cm³/mol. The average Bonchev–Trinajstić information content (AvgIpc) is 2.64. The first-order chi connectivity index (χ1) is 12.5. The number of esters is 1. The number of rotatable bonds is 5. The average molecular weight is 350 g/mol. The molecule has 26 heavy (non-hydrogen) atoms. The molecule has 0 heterocycles. The molecule has 7 heteroatoms. The van der Waals surface area contributed by atoms with Crippen molar-refractivity contribution in [2.45, 2.75) is 6.92 Å². The summed E-state index contributed by atoms with van der Waals surface area (Å²) >= 11 is 0. The first kappa shape index (κ1) is 18.5. The molecule has 0 aliphatic heterocycles. The van der Waals surface area contributed by atoms with E-state index in [-0.39, 0.29) is 16.8 Å². The number of nitrogens with zero attached hydrogens (tertiary/aromatic N) is 1. The van der Waals surface area contributed by atoms with E-state index in [4.69, 9.17) is 5.73 Å². The van der Waals surface area contributed by atoms with Gasteiger partial charge in [0.25, 0.3) is 5.91 Å². The molecule has 2 aromatic carbocycles. The highest BCUT2D eigenvalue weighted by Gasteiger charge is 2.15. The summed E-state index contributed by atoms with van der Waals surface area (Å²) in [5.74, 6) is -1.25. The molecule has 0 aliphatic rings. The fourth-order valence-electron chi connectivity index (χ4n) is 2.16. The SMILES string of the molecule is COC(=O)c1ccccc1NC(=O)/C(C#N)=C\Nc1cc(C)ccc1N. The number of hydrogen-bond donors (Lipinski definition) is 3. The number of para-hydroxylation sites is 1. The van der Waals surface area contributed by atoms with Gasteiger partial charge in [-0.25, -0.2) is 4.79 Å². The molecule has 2 aromatic rings. The lowest BCUT2D eigenvalue weighted by Gasteiger charge is -2.10. The number of methoxy groups -OCH3 is 1. The molecule has 132 valence electrons. The molecule has 1 amide bonds. The van der Waals surface area contributed by atoms with Crippen LogP contribution >= 0.6 is 0 Å². The number of amides is 1. The highest BCUT2D eigenvalue weighted by Crippen LogP contribution is 2.20. The second-order valence-electron chi connectivity index (χ2n) is 5.40. The summed E-state index contributed by atoms with van der Waals surface area (Å²) < 4.78 is 4.68. The van der Waals surface area contributed by atoms with Gasteiger partial charge in [0.15, 0.2) is 0 Å². The third-order valence-corrected chi connectivity index (χ3v) is 3.53. The largest absolute Gasteiger partial charge is 0.465 e. The molecule has 0 fully saturated rings. The van der Waals surface area contributed by atoms with Gasteiger partial charge in [-0.1, -0.05) is 18.2 Å². The maximum atomic E-state index is 12.4. The Labute approximate surface area is 151 Å². The predicted octanol–water partition coefficient (Wildman–Crippen LogP) is 2.82. The first-order valence-electron chi connectivity index (χ1n) is 7.68. The van der Waals surface area contributed by atoms with Crippen molar-refractivity contribution in [2.24, 2.45) is 0 Å². The smallest absolute Gasteiger partial charge is 0.339 e. The van der Waals surface area contributed by atoms with Crippen molar-refractivity contribution >= 4 is 28.9 Å². The van der Waals surface area contributed by atoms with Gasteiger partial charge in [-0.2, -0.15) is 5.26 Å². The number of anilines is 3. The number of hydrogen-bond acceptors (Lipinski definition) is 6. The van der Waals surface area contributed by atoms with Gasteiger partial charge in [0.1, 0.15) is 11.6 Å². The van der Waals surface area contributed by atoms with Crippen LogP contribution in [0, 0.1) is 18.3 Å². The van der Waals surface area contributed by atoms with Crippen LogP contribution in [0.2, 0.25) is 0 Å². The molecule has 7 nitrogen and oxygen atoms in total. The van der Waals surface area contributed by atoms with E-state index in [2.05, 4.69) is 15.4 Å². The molecule has 4 N–H and O–H groups in total. The minimum atomic E-state index is -0.664. The quantitative estimate of drug-likeness (QED) is 0.330. The van der Waals surface area contributed by atoms with E-state index in [0.717, 1.165) is 5.56 Å². The normalized spacial score (nSPS) is 10.6. The molecular weight excluding hydrogens is 332 g/mol. The zero-order valence-electron chi connectivity index (χ0n) is 14.4. The van der Waals surface area contributed by atoms with E-state index in [9.17, 15) is 14.9 Å². The monoisotopic (exact) mass is 350 g/mol. The number of nitrogen functional groups attached to an aromatic ring is 1. The Morgan fingerprint density at radius 2 is 1.92 bits per heavy atom. The molecule has 0 aliphatic carbocycles. The lowest BCUT2D eigenvalue weighted by Crippen LogP contribution is -2.17. The summed E-state index contributed by atoms with van der Waals surface area (Å²) in [5.41, 5.74) is 8.17. The van der Waals surface area contributed by atoms with Gasteiger partial charge in [0, 0.05) is 6.20 Å². The van der Waals surface area contributed by atoms with Crippen LogP contribution in [0.3, 0.4) is 0 Å². The highest BCUT2D eigenvalue weighted by molar-refractivity contribution is 6.09. The van der Waals surface area contributed by atoms with Gasteiger partial charge in [-0.15, -0.1) is 0 Å². The van der Waals surface area contributed by atoms with Crippen LogP contribution in [-0.2, 0) is 9.53 Å². The van der Waals surface area contributed by atoms with Crippen LogP contribution in [-0.4, -0.2) is 19.0 Å². The van der Waals surface area contributed by atoms with E-state index >= 15 is 0 Å². The topological polar surface area (TPSA) is 117 Å². The summed E-state index contributed by atoms with van der Waals surface area (Å²) in [6.45, 7) is 1.90. The second-order valence-corrected chi connectivity index (χ2v) is 5.40. The third kappa shape index (κ3) is 4.39. The van der Waals surface area contributed by atoms with Crippen LogP contribution in [0.25, 0.3) is 0 Å². The Bertz CT molecular complexity index is 913. The van der Waals surface area contributed by atoms with Crippen molar-refractivity contribution in [1.82, 2.24) is 0 Å². The second kappa shape index (κ2) is 8.35. The third-order valence-electron chi connectivity index (χ3n) is 3.53. The van der Waals surface area contributed by atoms with E-state index in [1.54, 1.807) is 30.3 Å². The van der Waals surface area contributed by atoms with Crippen LogP contribution in [0.15, 0.2) is 54.2 Å². The van der Waals surface area contributed by atoms with Crippen molar-refractivity contribution < 1.29 is 14.3 Å². The summed E-state index contributed by atoms with van der Waals surface area (Å²) in [6, 6.07) is 13.6. The Balaban J connectivity index is 2.21. The number of carbonyl (C=O) groups excluding carboxylic acids is 2. The summed E-state index contributed by atoms with van der Waals surface area (Å²) in [7, 11) is 1.25. The Morgan fingerprint density at radius 1 is 1.19 bits per heavy atom. The van der Waals surface area contributed by atoms with Gasteiger partial charge in [-0.05, 0) is 36.8 Å². The number of nitriles is 1. The van der Waals surface area contributed by atoms with E-state index < -0.39 is 11.9 Å². The zero-order valence-corrected chi connectivity index (χ0v) is 14.4. The number of nitrogens with two attached hydrogens (primary N) is 1. The maximum Gasteiger partial charge on any atom is 0.339 e. The van der Waals surface area contributed by atoms with Crippen molar-refractivity contribution in [2.75, 3.05) is 23.5 Å². The minimum absolute atomic E-state index is 0.175. The van der Waals surface area contributed by atoms with Gasteiger partial charge < -0.3 is 21.1 Å². The minimum Gasteiger partial charge on any atom is -0.465 e. The Morgan fingerprint density at radius 3 is 2.62 bits per heavy atom. The van der Waals surface area contributed by atoms with Crippen LogP contribution < -0.4 is 16.4 Å². The number of benzene rings is 2. The van der Waals surface area contributed by atoms with Crippen molar-refractivity contribution in [3.63, 3.8) is 0 Å². The number of carbonyl (C=O) groups is 2. The fraction of sp³-hybridized carbons (Fsp3) is 0.105. The first-order valence-corrected chi connectivity index (χ1v) is 7.68. The molecule has 0 saturated carbocycles. The lowest BCUT2D eigenvalue weighted by atomic mass is 10.1. The fourth-order valence-corrected chi connectivity index (χ4v) is 2.16. The molecule has 2 rings (SSSR count). The molecule has 0 bridgehead atoms. The van der Waals surface area contributed by atoms with Gasteiger partial charge in [0.2, 0.25) is 0 Å². The van der Waals surface area contributed by atoms with E-state index in [1.165, 1.54) is 19.4 Å². The lowest BCUT2D eigenvalue weighted by molar-refractivity contribution is -0.112. The maximum absolute atomic E-state index is 12.4. The van der Waals surface area contributed by atoms with Gasteiger partial charge in [0.05, 0.1) is 29.7 Å².